The van der Waals surface area contributed by atoms with Crippen molar-refractivity contribution in [2.24, 2.45) is 0 Å². The van der Waals surface area contributed by atoms with Crippen LogP contribution in [0.15, 0.2) is 42.6 Å². The zero-order valence-electron chi connectivity index (χ0n) is 8.79. The molecule has 17 heavy (non-hydrogen) atoms. The number of nitrogens with zero attached hydrogens (tertiary/aromatic N) is 2. The molecular weight excluding hydrogens is 218 g/mol. The zero-order valence-corrected chi connectivity index (χ0v) is 8.79. The Morgan fingerprint density at radius 1 is 1.24 bits per heavy atom. The molecule has 0 radical (unpaired) electrons. The van der Waals surface area contributed by atoms with Crippen LogP contribution in [0.2, 0.25) is 0 Å². The Balaban J connectivity index is 2.33. The first-order valence-electron chi connectivity index (χ1n) is 5.12. The van der Waals surface area contributed by atoms with E-state index < -0.39 is 5.97 Å². The summed E-state index contributed by atoms with van der Waals surface area (Å²) >= 11 is 0. The maximum atomic E-state index is 11.3. The third kappa shape index (κ3) is 1.40. The van der Waals surface area contributed by atoms with Gasteiger partial charge in [-0.2, -0.15) is 0 Å². The molecule has 0 spiro atoms. The summed E-state index contributed by atoms with van der Waals surface area (Å²) in [6, 6.07) is 11.0. The summed E-state index contributed by atoms with van der Waals surface area (Å²) in [5, 5.41) is 12.1. The Kier molecular flexibility index (Phi) is 1.98. The maximum Gasteiger partial charge on any atom is 0.356 e. The largest absolute Gasteiger partial charge is 0.476 e. The lowest BCUT2D eigenvalue weighted by Crippen LogP contribution is -2.04. The van der Waals surface area contributed by atoms with Crippen LogP contribution in [0.5, 0.6) is 0 Å². The van der Waals surface area contributed by atoms with Crippen molar-refractivity contribution >= 4 is 11.6 Å². The topological polar surface area (TPSA) is 70.4 Å². The molecule has 0 aliphatic heterocycles. The van der Waals surface area contributed by atoms with Gasteiger partial charge < -0.3 is 5.11 Å². The summed E-state index contributed by atoms with van der Waals surface area (Å²) in [5.41, 5.74) is 2.02. The van der Waals surface area contributed by atoms with Crippen molar-refractivity contribution in [1.29, 1.82) is 0 Å². The fourth-order valence-electron chi connectivity index (χ4n) is 1.86. The van der Waals surface area contributed by atoms with Crippen molar-refractivity contribution in [1.82, 2.24) is 14.6 Å². The number of benzene rings is 1. The van der Waals surface area contributed by atoms with E-state index in [1.165, 1.54) is 4.52 Å². The molecule has 5 heteroatoms. The van der Waals surface area contributed by atoms with Gasteiger partial charge in [-0.3, -0.25) is 5.10 Å². The molecule has 0 atom stereocenters. The highest BCUT2D eigenvalue weighted by Gasteiger charge is 2.20. The number of fused-ring (bicyclic) bond motifs is 1. The summed E-state index contributed by atoms with van der Waals surface area (Å²) in [6.45, 7) is 0. The van der Waals surface area contributed by atoms with Gasteiger partial charge in [-0.05, 0) is 0 Å². The number of hydrogen-bond acceptors (Lipinski definition) is 2. The number of imidazole rings is 1. The van der Waals surface area contributed by atoms with E-state index in [-0.39, 0.29) is 5.69 Å². The highest BCUT2D eigenvalue weighted by molar-refractivity contribution is 5.94. The molecular formula is C12H9N3O2. The average molecular weight is 227 g/mol. The molecule has 84 valence electrons. The molecule has 0 aliphatic carbocycles. The van der Waals surface area contributed by atoms with Crippen LogP contribution in [0.3, 0.4) is 0 Å². The predicted octanol–water partition coefficient (Wildman–Crippen LogP) is 2.03. The van der Waals surface area contributed by atoms with Gasteiger partial charge in [0.15, 0.2) is 11.3 Å². The molecule has 0 aliphatic rings. The van der Waals surface area contributed by atoms with E-state index >= 15 is 0 Å². The first-order chi connectivity index (χ1) is 8.27. The molecule has 0 saturated carbocycles. The van der Waals surface area contributed by atoms with Gasteiger partial charge in [-0.15, -0.1) is 0 Å². The average Bonchev–Trinajstić information content (AvgIpc) is 2.88. The molecule has 0 fully saturated rings. The second-order valence-corrected chi connectivity index (χ2v) is 3.64. The number of carboxylic acids is 1. The summed E-state index contributed by atoms with van der Waals surface area (Å²) in [5.74, 6) is -1.00. The molecule has 3 rings (SSSR count). The molecule has 0 saturated heterocycles. The number of aromatic amines is 1. The third-order valence-corrected chi connectivity index (χ3v) is 2.59. The third-order valence-electron chi connectivity index (χ3n) is 2.59. The molecule has 2 aromatic heterocycles. The van der Waals surface area contributed by atoms with Gasteiger partial charge in [-0.25, -0.2) is 14.3 Å². The number of nitrogens with one attached hydrogen (secondary N) is 1. The molecule has 2 N–H and O–H groups in total. The van der Waals surface area contributed by atoms with Crippen LogP contribution in [-0.4, -0.2) is 25.7 Å². The van der Waals surface area contributed by atoms with Crippen LogP contribution in [0, 0.1) is 0 Å². The minimum Gasteiger partial charge on any atom is -0.476 e. The lowest BCUT2D eigenvalue weighted by molar-refractivity contribution is 0.0689. The van der Waals surface area contributed by atoms with Gasteiger partial charge >= 0.3 is 5.97 Å². The Morgan fingerprint density at radius 3 is 2.71 bits per heavy atom. The first-order valence-corrected chi connectivity index (χ1v) is 5.12. The van der Waals surface area contributed by atoms with Crippen LogP contribution in [0.4, 0.5) is 0 Å². The fourth-order valence-corrected chi connectivity index (χ4v) is 1.86. The van der Waals surface area contributed by atoms with Gasteiger partial charge in [-0.1, -0.05) is 30.3 Å². The van der Waals surface area contributed by atoms with Crippen molar-refractivity contribution in [3.05, 3.63) is 48.3 Å². The van der Waals surface area contributed by atoms with E-state index in [0.717, 1.165) is 5.56 Å². The smallest absolute Gasteiger partial charge is 0.356 e. The summed E-state index contributed by atoms with van der Waals surface area (Å²) < 4.78 is 1.46. The second-order valence-electron chi connectivity index (χ2n) is 3.64. The fraction of sp³-hybridized carbons (Fsp3) is 0. The monoisotopic (exact) mass is 227 g/mol. The molecule has 0 amide bonds. The lowest BCUT2D eigenvalue weighted by Gasteiger charge is -1.98. The van der Waals surface area contributed by atoms with Gasteiger partial charge in [0.25, 0.3) is 0 Å². The van der Waals surface area contributed by atoms with Crippen molar-refractivity contribution in [3.63, 3.8) is 0 Å². The van der Waals surface area contributed by atoms with Gasteiger partial charge in [0.2, 0.25) is 0 Å². The maximum absolute atomic E-state index is 11.3. The molecule has 2 heterocycles. The van der Waals surface area contributed by atoms with Gasteiger partial charge in [0.1, 0.15) is 5.69 Å². The number of aromatic carboxylic acids is 1. The van der Waals surface area contributed by atoms with Gasteiger partial charge in [0.05, 0.1) is 0 Å². The zero-order chi connectivity index (χ0) is 11.8. The quantitative estimate of drug-likeness (QED) is 0.703. The Morgan fingerprint density at radius 2 is 2.00 bits per heavy atom. The molecule has 0 unspecified atom stereocenters. The number of hydrogen-bond donors (Lipinski definition) is 2. The first kappa shape index (κ1) is 9.65. The number of aromatic nitrogens is 3. The summed E-state index contributed by atoms with van der Waals surface area (Å²) in [7, 11) is 0. The number of carbonyl (C=O) groups is 1. The number of H-pyrrole nitrogens is 1. The van der Waals surface area contributed by atoms with Crippen LogP contribution in [0.1, 0.15) is 10.5 Å². The molecule has 1 aromatic carbocycles. The lowest BCUT2D eigenvalue weighted by atomic mass is 10.1. The summed E-state index contributed by atoms with van der Waals surface area (Å²) in [4.78, 5) is 15.6. The minimum absolute atomic E-state index is 0.149. The van der Waals surface area contributed by atoms with E-state index in [9.17, 15) is 9.90 Å². The van der Waals surface area contributed by atoms with Crippen molar-refractivity contribution in [3.8, 4) is 11.3 Å². The van der Waals surface area contributed by atoms with Crippen molar-refractivity contribution in [2.45, 2.75) is 0 Å². The predicted molar refractivity (Wildman–Crippen MR) is 61.9 cm³/mol. The highest BCUT2D eigenvalue weighted by Crippen LogP contribution is 2.23. The number of carboxylic acid groups (broad SMARTS) is 1. The SMILES string of the molecule is O=C(O)c1c(-c2ccccc2)nc2cc[nH]n12. The van der Waals surface area contributed by atoms with E-state index in [2.05, 4.69) is 10.1 Å². The van der Waals surface area contributed by atoms with E-state index in [4.69, 9.17) is 0 Å². The van der Waals surface area contributed by atoms with Crippen molar-refractivity contribution < 1.29 is 9.90 Å². The Labute approximate surface area is 96.3 Å². The Hall–Kier alpha value is -2.56. The molecule has 3 aromatic rings. The van der Waals surface area contributed by atoms with Gasteiger partial charge in [0, 0.05) is 17.8 Å². The standard InChI is InChI=1S/C12H9N3O2/c16-12(17)11-10(8-4-2-1-3-5-8)14-9-6-7-13-15(9)11/h1-7,13H,(H,16,17). The summed E-state index contributed by atoms with van der Waals surface area (Å²) in [6.07, 6.45) is 1.66. The van der Waals surface area contributed by atoms with E-state index in [1.54, 1.807) is 12.3 Å². The normalized spacial score (nSPS) is 10.8. The molecule has 5 nitrogen and oxygen atoms in total. The number of rotatable bonds is 2. The molecule has 0 bridgehead atoms. The van der Waals surface area contributed by atoms with Crippen LogP contribution in [-0.2, 0) is 0 Å². The van der Waals surface area contributed by atoms with Crippen LogP contribution in [0.25, 0.3) is 16.9 Å². The van der Waals surface area contributed by atoms with Crippen LogP contribution >= 0.6 is 0 Å². The Bertz CT molecular complexity index is 682. The minimum atomic E-state index is -1.00. The van der Waals surface area contributed by atoms with E-state index in [0.29, 0.717) is 11.3 Å². The van der Waals surface area contributed by atoms with E-state index in [1.807, 2.05) is 30.3 Å². The van der Waals surface area contributed by atoms with Crippen molar-refractivity contribution in [2.75, 3.05) is 0 Å². The van der Waals surface area contributed by atoms with Crippen LogP contribution < -0.4 is 0 Å². The highest BCUT2D eigenvalue weighted by atomic mass is 16.4. The second kappa shape index (κ2) is 3.48.